The number of benzene rings is 1. The van der Waals surface area contributed by atoms with Crippen LogP contribution in [0.5, 0.6) is 5.75 Å². The summed E-state index contributed by atoms with van der Waals surface area (Å²) in [7, 11) is 3.70. The molecule has 0 atom stereocenters. The smallest absolute Gasteiger partial charge is 0.153 e. The van der Waals surface area contributed by atoms with Crippen molar-refractivity contribution in [3.8, 4) is 5.75 Å². The predicted molar refractivity (Wildman–Crippen MR) is 58.4 cm³/mol. The molecular weight excluding hydrogens is 190 g/mol. The van der Waals surface area contributed by atoms with Crippen molar-refractivity contribution in [2.75, 3.05) is 20.7 Å². The van der Waals surface area contributed by atoms with Crippen LogP contribution in [0.25, 0.3) is 0 Å². The highest BCUT2D eigenvalue weighted by atomic mass is 16.5. The Labute approximate surface area is 89.7 Å². The topological polar surface area (TPSA) is 29.5 Å². The molecule has 1 aromatic carbocycles. The van der Waals surface area contributed by atoms with Gasteiger partial charge in [-0.2, -0.15) is 0 Å². The molecule has 80 valence electrons. The van der Waals surface area contributed by atoms with E-state index in [1.54, 1.807) is 7.11 Å². The fourth-order valence-corrected chi connectivity index (χ4v) is 2.02. The number of carbonyl (C=O) groups is 1. The van der Waals surface area contributed by atoms with Gasteiger partial charge < -0.3 is 9.64 Å². The molecule has 0 saturated carbocycles. The second-order valence-electron chi connectivity index (χ2n) is 3.97. The molecule has 0 saturated heterocycles. The summed E-state index contributed by atoms with van der Waals surface area (Å²) in [6.07, 6.45) is 1.87. The third-order valence-corrected chi connectivity index (χ3v) is 2.88. The third-order valence-electron chi connectivity index (χ3n) is 2.88. The quantitative estimate of drug-likeness (QED) is 0.685. The van der Waals surface area contributed by atoms with Crippen molar-refractivity contribution in [2.45, 2.75) is 13.0 Å². The van der Waals surface area contributed by atoms with Crippen molar-refractivity contribution in [3.63, 3.8) is 0 Å². The van der Waals surface area contributed by atoms with Crippen LogP contribution in [0.1, 0.15) is 21.5 Å². The number of ether oxygens (including phenoxy) is 1. The lowest BCUT2D eigenvalue weighted by Gasteiger charge is -2.25. The highest BCUT2D eigenvalue weighted by Gasteiger charge is 2.16. The molecule has 0 radical (unpaired) electrons. The number of methoxy groups -OCH3 is 1. The van der Waals surface area contributed by atoms with E-state index in [2.05, 4.69) is 11.9 Å². The first-order valence-corrected chi connectivity index (χ1v) is 5.08. The minimum atomic E-state index is 0.654. The number of aldehydes is 1. The Hall–Kier alpha value is -1.35. The van der Waals surface area contributed by atoms with Crippen molar-refractivity contribution < 1.29 is 9.53 Å². The van der Waals surface area contributed by atoms with Crippen molar-refractivity contribution >= 4 is 6.29 Å². The maximum absolute atomic E-state index is 10.8. The maximum Gasteiger partial charge on any atom is 0.153 e. The molecule has 1 aliphatic rings. The first-order valence-electron chi connectivity index (χ1n) is 5.08. The highest BCUT2D eigenvalue weighted by molar-refractivity contribution is 5.80. The summed E-state index contributed by atoms with van der Waals surface area (Å²) in [4.78, 5) is 13.1. The minimum absolute atomic E-state index is 0.654. The zero-order valence-electron chi connectivity index (χ0n) is 9.12. The van der Waals surface area contributed by atoms with E-state index in [0.717, 1.165) is 25.8 Å². The fourth-order valence-electron chi connectivity index (χ4n) is 2.02. The normalized spacial score (nSPS) is 15.9. The van der Waals surface area contributed by atoms with E-state index in [-0.39, 0.29) is 0 Å². The van der Waals surface area contributed by atoms with Crippen LogP contribution in [0.15, 0.2) is 12.1 Å². The summed E-state index contributed by atoms with van der Waals surface area (Å²) in [5, 5.41) is 0. The van der Waals surface area contributed by atoms with E-state index in [1.165, 1.54) is 11.1 Å². The van der Waals surface area contributed by atoms with E-state index >= 15 is 0 Å². The summed E-state index contributed by atoms with van der Waals surface area (Å²) in [5.41, 5.74) is 3.20. The van der Waals surface area contributed by atoms with Crippen LogP contribution >= 0.6 is 0 Å². The Morgan fingerprint density at radius 3 is 2.87 bits per heavy atom. The molecule has 0 bridgehead atoms. The number of nitrogens with zero attached hydrogens (tertiary/aromatic N) is 1. The van der Waals surface area contributed by atoms with Gasteiger partial charge in [-0.05, 0) is 36.7 Å². The lowest BCUT2D eigenvalue weighted by Crippen LogP contribution is -2.26. The van der Waals surface area contributed by atoms with Crippen LogP contribution in [0.2, 0.25) is 0 Å². The van der Waals surface area contributed by atoms with Gasteiger partial charge in [-0.1, -0.05) is 0 Å². The summed E-state index contributed by atoms with van der Waals surface area (Å²) in [5.74, 6) is 0.680. The number of carbonyl (C=O) groups excluding carboxylic acids is 1. The molecule has 15 heavy (non-hydrogen) atoms. The summed E-state index contributed by atoms with van der Waals surface area (Å²) >= 11 is 0. The van der Waals surface area contributed by atoms with E-state index in [0.29, 0.717) is 11.3 Å². The third kappa shape index (κ3) is 1.88. The average Bonchev–Trinajstić information content (AvgIpc) is 2.27. The summed E-state index contributed by atoms with van der Waals surface area (Å²) in [6.45, 7) is 1.99. The largest absolute Gasteiger partial charge is 0.496 e. The lowest BCUT2D eigenvalue weighted by atomic mass is 9.97. The minimum Gasteiger partial charge on any atom is -0.496 e. The second-order valence-corrected chi connectivity index (χ2v) is 3.97. The Morgan fingerprint density at radius 2 is 2.20 bits per heavy atom. The fraction of sp³-hybridized carbons (Fsp3) is 0.417. The molecule has 0 aliphatic carbocycles. The van der Waals surface area contributed by atoms with Gasteiger partial charge in [0.05, 0.1) is 12.7 Å². The zero-order chi connectivity index (χ0) is 10.8. The molecule has 3 nitrogen and oxygen atoms in total. The van der Waals surface area contributed by atoms with Crippen LogP contribution in [-0.2, 0) is 13.0 Å². The van der Waals surface area contributed by atoms with E-state index < -0.39 is 0 Å². The van der Waals surface area contributed by atoms with Gasteiger partial charge in [0.15, 0.2) is 6.29 Å². The second kappa shape index (κ2) is 4.03. The van der Waals surface area contributed by atoms with E-state index in [1.807, 2.05) is 12.1 Å². The maximum atomic E-state index is 10.8. The Kier molecular flexibility index (Phi) is 2.73. The van der Waals surface area contributed by atoms with Gasteiger partial charge in [0.1, 0.15) is 5.75 Å². The summed E-state index contributed by atoms with van der Waals surface area (Å²) < 4.78 is 5.19. The van der Waals surface area contributed by atoms with Gasteiger partial charge >= 0.3 is 0 Å². The van der Waals surface area contributed by atoms with Crippen LogP contribution in [0.4, 0.5) is 0 Å². The number of hydrogen-bond acceptors (Lipinski definition) is 3. The number of fused-ring (bicyclic) bond motifs is 1. The summed E-state index contributed by atoms with van der Waals surface area (Å²) in [6, 6.07) is 3.93. The Morgan fingerprint density at radius 1 is 1.40 bits per heavy atom. The first-order chi connectivity index (χ1) is 7.24. The lowest BCUT2D eigenvalue weighted by molar-refractivity contribution is 0.112. The van der Waals surface area contributed by atoms with Gasteiger partial charge in [-0.3, -0.25) is 4.79 Å². The van der Waals surface area contributed by atoms with Crippen LogP contribution < -0.4 is 4.74 Å². The Bertz CT molecular complexity index is 387. The van der Waals surface area contributed by atoms with Gasteiger partial charge in [-0.25, -0.2) is 0 Å². The number of hydrogen-bond donors (Lipinski definition) is 0. The molecule has 0 N–H and O–H groups in total. The standard InChI is InChI=1S/C12H15NO2/c1-13-4-3-9-5-11(8-14)12(15-2)6-10(9)7-13/h5-6,8H,3-4,7H2,1-2H3. The molecule has 0 fully saturated rings. The van der Waals surface area contributed by atoms with Gasteiger partial charge in [0.2, 0.25) is 0 Å². The monoisotopic (exact) mass is 205 g/mol. The Balaban J connectivity index is 2.45. The van der Waals surface area contributed by atoms with Crippen molar-refractivity contribution in [1.29, 1.82) is 0 Å². The van der Waals surface area contributed by atoms with Gasteiger partial charge in [-0.15, -0.1) is 0 Å². The number of rotatable bonds is 2. The molecule has 0 amide bonds. The SMILES string of the molecule is COc1cc2c(cc1C=O)CCN(C)C2. The van der Waals surface area contributed by atoms with E-state index in [4.69, 9.17) is 4.74 Å². The molecular formula is C12H15NO2. The molecule has 2 rings (SSSR count). The molecule has 0 spiro atoms. The zero-order valence-corrected chi connectivity index (χ0v) is 9.12. The molecule has 1 aromatic rings. The average molecular weight is 205 g/mol. The van der Waals surface area contributed by atoms with Crippen molar-refractivity contribution in [1.82, 2.24) is 4.90 Å². The highest BCUT2D eigenvalue weighted by Crippen LogP contribution is 2.26. The first kappa shape index (κ1) is 10.2. The predicted octanol–water partition coefficient (Wildman–Crippen LogP) is 1.50. The molecule has 0 unspecified atom stereocenters. The van der Waals surface area contributed by atoms with Crippen molar-refractivity contribution in [2.24, 2.45) is 0 Å². The van der Waals surface area contributed by atoms with Crippen LogP contribution in [0.3, 0.4) is 0 Å². The van der Waals surface area contributed by atoms with E-state index in [9.17, 15) is 4.79 Å². The van der Waals surface area contributed by atoms with Crippen LogP contribution in [-0.4, -0.2) is 31.9 Å². The van der Waals surface area contributed by atoms with Crippen molar-refractivity contribution in [3.05, 3.63) is 28.8 Å². The van der Waals surface area contributed by atoms with Gasteiger partial charge in [0, 0.05) is 13.1 Å². The molecule has 0 aromatic heterocycles. The molecule has 3 heteroatoms. The molecule has 1 aliphatic heterocycles. The molecule has 1 heterocycles. The van der Waals surface area contributed by atoms with Gasteiger partial charge in [0.25, 0.3) is 0 Å². The number of likely N-dealkylation sites (N-methyl/N-ethyl adjacent to an activating group) is 1. The van der Waals surface area contributed by atoms with Crippen LogP contribution in [0, 0.1) is 0 Å².